The molecule has 0 aliphatic heterocycles. The second kappa shape index (κ2) is 10.6. The Kier molecular flexibility index (Phi) is 7.89. The molecule has 9 nitrogen and oxygen atoms in total. The van der Waals surface area contributed by atoms with Crippen LogP contribution in [0, 0.1) is 10.1 Å². The van der Waals surface area contributed by atoms with Crippen molar-refractivity contribution in [2.45, 2.75) is 31.2 Å². The first-order chi connectivity index (χ1) is 15.3. The van der Waals surface area contributed by atoms with Crippen molar-refractivity contribution in [3.63, 3.8) is 0 Å². The molecule has 3 rings (SSSR count). The van der Waals surface area contributed by atoms with Gasteiger partial charge in [0.1, 0.15) is 0 Å². The molecule has 0 aliphatic carbocycles. The van der Waals surface area contributed by atoms with E-state index in [0.29, 0.717) is 30.1 Å². The number of carbonyl (C=O) groups is 1. The number of nitrogens with zero attached hydrogens (tertiary/aromatic N) is 3. The fourth-order valence-corrected chi connectivity index (χ4v) is 5.48. The van der Waals surface area contributed by atoms with Crippen molar-refractivity contribution in [1.29, 1.82) is 0 Å². The molecule has 0 fully saturated rings. The van der Waals surface area contributed by atoms with Crippen LogP contribution in [0.2, 0.25) is 0 Å². The van der Waals surface area contributed by atoms with Crippen LogP contribution < -0.4 is 4.80 Å². The van der Waals surface area contributed by atoms with Crippen LogP contribution in [0.3, 0.4) is 0 Å². The number of carbonyl (C=O) groups excluding carboxylic acids is 1. The normalized spacial score (nSPS) is 12.3. The summed E-state index contributed by atoms with van der Waals surface area (Å²) in [4.78, 5) is 27.9. The molecular formula is C21H23N3O6S2. The summed E-state index contributed by atoms with van der Waals surface area (Å²) in [5, 5.41) is 11.2. The molecule has 1 heterocycles. The van der Waals surface area contributed by atoms with Crippen LogP contribution in [0.25, 0.3) is 10.2 Å². The third-order valence-corrected chi connectivity index (χ3v) is 7.54. The zero-order valence-corrected chi connectivity index (χ0v) is 19.1. The molecule has 0 radical (unpaired) electrons. The van der Waals surface area contributed by atoms with Crippen LogP contribution in [0.15, 0.2) is 58.4 Å². The molecule has 0 unspecified atom stereocenters. The Hall–Kier alpha value is -2.89. The highest BCUT2D eigenvalue weighted by atomic mass is 32.2. The number of aromatic nitrogens is 1. The number of nitro benzene ring substituents is 1. The zero-order chi connectivity index (χ0) is 23.1. The average molecular weight is 478 g/mol. The van der Waals surface area contributed by atoms with E-state index in [-0.39, 0.29) is 29.2 Å². The lowest BCUT2D eigenvalue weighted by molar-refractivity contribution is -0.384. The van der Waals surface area contributed by atoms with Crippen molar-refractivity contribution in [3.8, 4) is 0 Å². The Morgan fingerprint density at radius 3 is 2.66 bits per heavy atom. The van der Waals surface area contributed by atoms with Gasteiger partial charge < -0.3 is 9.30 Å². The van der Waals surface area contributed by atoms with Crippen LogP contribution in [-0.2, 0) is 25.9 Å². The van der Waals surface area contributed by atoms with Gasteiger partial charge in [0, 0.05) is 31.7 Å². The summed E-state index contributed by atoms with van der Waals surface area (Å²) in [5.74, 6) is -0.596. The summed E-state index contributed by atoms with van der Waals surface area (Å²) in [6.07, 6.45) is 0.126. The van der Waals surface area contributed by atoms with E-state index in [0.717, 1.165) is 4.70 Å². The summed E-state index contributed by atoms with van der Waals surface area (Å²) in [6.45, 7) is 3.12. The van der Waals surface area contributed by atoms with Crippen molar-refractivity contribution < 1.29 is 22.9 Å². The molecule has 0 bridgehead atoms. The SMILES string of the molecule is CCOCCn1c(=NC(=O)CCCS(=O)(=O)c2ccccc2)sc2ccc([N+](=O)[O-])cc21. The van der Waals surface area contributed by atoms with Gasteiger partial charge in [-0.25, -0.2) is 8.42 Å². The molecule has 0 N–H and O–H groups in total. The molecule has 1 amide bonds. The number of non-ortho nitro benzene ring substituents is 1. The number of rotatable bonds is 10. The minimum atomic E-state index is -3.46. The summed E-state index contributed by atoms with van der Waals surface area (Å²) in [6, 6.07) is 12.6. The predicted octanol–water partition coefficient (Wildman–Crippen LogP) is 3.33. The van der Waals surface area contributed by atoms with E-state index in [2.05, 4.69) is 4.99 Å². The molecule has 1 aromatic heterocycles. The molecule has 170 valence electrons. The number of sulfone groups is 1. The van der Waals surface area contributed by atoms with Crippen LogP contribution in [-0.4, -0.2) is 42.8 Å². The van der Waals surface area contributed by atoms with E-state index in [1.54, 1.807) is 28.8 Å². The Morgan fingerprint density at radius 2 is 1.97 bits per heavy atom. The highest BCUT2D eigenvalue weighted by Gasteiger charge is 2.16. The van der Waals surface area contributed by atoms with Crippen molar-refractivity contribution in [2.24, 2.45) is 4.99 Å². The molecule has 3 aromatic rings. The first kappa shape index (κ1) is 23.8. The highest BCUT2D eigenvalue weighted by Crippen LogP contribution is 2.23. The fourth-order valence-electron chi connectivity index (χ4n) is 3.09. The van der Waals surface area contributed by atoms with Gasteiger partial charge in [-0.05, 0) is 31.5 Å². The number of hydrogen-bond donors (Lipinski definition) is 0. The Labute approximate surface area is 189 Å². The number of fused-ring (bicyclic) bond motifs is 1. The maximum Gasteiger partial charge on any atom is 0.271 e. The maximum absolute atomic E-state index is 12.5. The number of nitro groups is 1. The van der Waals surface area contributed by atoms with E-state index in [1.807, 2.05) is 6.92 Å². The van der Waals surface area contributed by atoms with E-state index in [9.17, 15) is 23.3 Å². The lowest BCUT2D eigenvalue weighted by Gasteiger charge is -2.05. The maximum atomic E-state index is 12.5. The van der Waals surface area contributed by atoms with Gasteiger partial charge in [-0.1, -0.05) is 29.5 Å². The second-order valence-corrected chi connectivity index (χ2v) is 10.0. The van der Waals surface area contributed by atoms with Gasteiger partial charge >= 0.3 is 0 Å². The van der Waals surface area contributed by atoms with Crippen molar-refractivity contribution in [1.82, 2.24) is 4.57 Å². The number of benzene rings is 2. The van der Waals surface area contributed by atoms with Crippen LogP contribution in [0.4, 0.5) is 5.69 Å². The third kappa shape index (κ3) is 5.87. The van der Waals surface area contributed by atoms with Gasteiger partial charge in [0.2, 0.25) is 5.91 Å². The molecular weight excluding hydrogens is 454 g/mol. The minimum Gasteiger partial charge on any atom is -0.380 e. The van der Waals surface area contributed by atoms with Crippen LogP contribution in [0.1, 0.15) is 19.8 Å². The number of thiazole rings is 1. The lowest BCUT2D eigenvalue weighted by atomic mass is 10.3. The zero-order valence-electron chi connectivity index (χ0n) is 17.5. The number of hydrogen-bond acceptors (Lipinski definition) is 7. The standard InChI is InChI=1S/C21H23N3O6S2/c1-2-30-13-12-23-18-15-16(24(26)27)10-11-19(18)31-21(23)22-20(25)9-6-14-32(28,29)17-7-4-3-5-8-17/h3-5,7-8,10-11,15H,2,6,9,12-14H2,1H3. The van der Waals surface area contributed by atoms with Gasteiger partial charge in [0.05, 0.1) is 32.4 Å². The largest absolute Gasteiger partial charge is 0.380 e. The van der Waals surface area contributed by atoms with Gasteiger partial charge in [0.15, 0.2) is 14.6 Å². The summed E-state index contributed by atoms with van der Waals surface area (Å²) < 4.78 is 32.6. The van der Waals surface area contributed by atoms with E-state index in [1.165, 1.54) is 35.6 Å². The van der Waals surface area contributed by atoms with Gasteiger partial charge in [0.25, 0.3) is 5.69 Å². The first-order valence-electron chi connectivity index (χ1n) is 10.0. The molecule has 0 atom stereocenters. The Balaban J connectivity index is 1.80. The fraction of sp³-hybridized carbons (Fsp3) is 0.333. The molecule has 0 spiro atoms. The minimum absolute atomic E-state index is 0.0219. The van der Waals surface area contributed by atoms with Crippen molar-refractivity contribution >= 4 is 43.0 Å². The molecule has 32 heavy (non-hydrogen) atoms. The predicted molar refractivity (Wildman–Crippen MR) is 121 cm³/mol. The first-order valence-corrected chi connectivity index (χ1v) is 12.5. The average Bonchev–Trinajstić information content (AvgIpc) is 3.10. The monoisotopic (exact) mass is 477 g/mol. The molecule has 0 saturated heterocycles. The van der Waals surface area contributed by atoms with E-state index >= 15 is 0 Å². The number of ether oxygens (including phenoxy) is 1. The van der Waals surface area contributed by atoms with Crippen molar-refractivity contribution in [3.05, 3.63) is 63.4 Å². The third-order valence-electron chi connectivity index (χ3n) is 4.67. The molecule has 2 aromatic carbocycles. The summed E-state index contributed by atoms with van der Waals surface area (Å²) in [7, 11) is -3.46. The van der Waals surface area contributed by atoms with Gasteiger partial charge in [-0.3, -0.25) is 14.9 Å². The van der Waals surface area contributed by atoms with Crippen molar-refractivity contribution in [2.75, 3.05) is 19.0 Å². The quantitative estimate of drug-likeness (QED) is 0.251. The van der Waals surface area contributed by atoms with E-state index < -0.39 is 20.7 Å². The van der Waals surface area contributed by atoms with Crippen LogP contribution >= 0.6 is 11.3 Å². The lowest BCUT2D eigenvalue weighted by Crippen LogP contribution is -2.20. The Morgan fingerprint density at radius 1 is 1.22 bits per heavy atom. The Bertz CT molecular complexity index is 1280. The topological polar surface area (TPSA) is 121 Å². The summed E-state index contributed by atoms with van der Waals surface area (Å²) in [5.41, 5.74) is 0.548. The summed E-state index contributed by atoms with van der Waals surface area (Å²) >= 11 is 1.25. The highest BCUT2D eigenvalue weighted by molar-refractivity contribution is 7.91. The molecule has 11 heteroatoms. The second-order valence-electron chi connectivity index (χ2n) is 6.88. The van der Waals surface area contributed by atoms with E-state index in [4.69, 9.17) is 4.74 Å². The molecule has 0 aliphatic rings. The number of amides is 1. The van der Waals surface area contributed by atoms with Crippen LogP contribution in [0.5, 0.6) is 0 Å². The van der Waals surface area contributed by atoms with Gasteiger partial charge in [-0.2, -0.15) is 4.99 Å². The molecule has 0 saturated carbocycles. The smallest absolute Gasteiger partial charge is 0.271 e. The van der Waals surface area contributed by atoms with Gasteiger partial charge in [-0.15, -0.1) is 0 Å².